The number of hydrogen-bond acceptors (Lipinski definition) is 3. The Labute approximate surface area is 102 Å². The van der Waals surface area contributed by atoms with Gasteiger partial charge in [-0.1, -0.05) is 34.1 Å². The molecule has 0 spiro atoms. The SMILES string of the molecule is O=S(=O)(CBr)Nc1cnc2ccccc2c1. The first-order valence-corrected chi connectivity index (χ1v) is 7.29. The van der Waals surface area contributed by atoms with Gasteiger partial charge in [0.15, 0.2) is 0 Å². The van der Waals surface area contributed by atoms with Crippen LogP contribution in [-0.2, 0) is 10.0 Å². The van der Waals surface area contributed by atoms with Gasteiger partial charge in [0.25, 0.3) is 0 Å². The Morgan fingerprint density at radius 2 is 2.06 bits per heavy atom. The first-order valence-electron chi connectivity index (χ1n) is 4.52. The summed E-state index contributed by atoms with van der Waals surface area (Å²) in [6.45, 7) is 0. The Morgan fingerprint density at radius 3 is 2.81 bits per heavy atom. The van der Waals surface area contributed by atoms with Crippen molar-refractivity contribution >= 4 is 42.5 Å². The first-order chi connectivity index (χ1) is 7.61. The van der Waals surface area contributed by atoms with E-state index in [1.165, 1.54) is 6.20 Å². The molecule has 0 aliphatic carbocycles. The molecule has 0 saturated heterocycles. The van der Waals surface area contributed by atoms with Crippen LogP contribution in [0.3, 0.4) is 0 Å². The molecule has 4 nitrogen and oxygen atoms in total. The number of benzene rings is 1. The van der Waals surface area contributed by atoms with Crippen LogP contribution in [0.1, 0.15) is 0 Å². The monoisotopic (exact) mass is 300 g/mol. The second kappa shape index (κ2) is 4.39. The van der Waals surface area contributed by atoms with Crippen molar-refractivity contribution < 1.29 is 8.42 Å². The maximum absolute atomic E-state index is 11.3. The van der Waals surface area contributed by atoms with E-state index >= 15 is 0 Å². The first kappa shape index (κ1) is 11.3. The van der Waals surface area contributed by atoms with Crippen molar-refractivity contribution in [2.45, 2.75) is 0 Å². The van der Waals surface area contributed by atoms with E-state index in [9.17, 15) is 8.42 Å². The molecule has 1 heterocycles. The number of nitrogens with zero attached hydrogens (tertiary/aromatic N) is 1. The number of pyridine rings is 1. The highest BCUT2D eigenvalue weighted by molar-refractivity contribution is 9.10. The molecule has 16 heavy (non-hydrogen) atoms. The number of hydrogen-bond donors (Lipinski definition) is 1. The van der Waals surface area contributed by atoms with Crippen molar-refractivity contribution in [1.82, 2.24) is 4.98 Å². The molecule has 0 atom stereocenters. The maximum Gasteiger partial charge on any atom is 0.242 e. The van der Waals surface area contributed by atoms with Gasteiger partial charge in [0.1, 0.15) is 4.66 Å². The number of rotatable bonds is 3. The van der Waals surface area contributed by atoms with Crippen LogP contribution in [0.4, 0.5) is 5.69 Å². The molecule has 0 bridgehead atoms. The fourth-order valence-corrected chi connectivity index (χ4v) is 2.20. The Kier molecular flexibility index (Phi) is 3.11. The Balaban J connectivity index is 2.40. The third kappa shape index (κ3) is 2.51. The molecule has 0 saturated carbocycles. The molecular weight excluding hydrogens is 292 g/mol. The second-order valence-corrected chi connectivity index (χ2v) is 6.27. The van der Waals surface area contributed by atoms with E-state index in [0.717, 1.165) is 10.9 Å². The molecule has 2 rings (SSSR count). The zero-order valence-electron chi connectivity index (χ0n) is 8.22. The number of nitrogens with one attached hydrogen (secondary N) is 1. The van der Waals surface area contributed by atoms with Gasteiger partial charge in [-0.15, -0.1) is 0 Å². The lowest BCUT2D eigenvalue weighted by molar-refractivity contribution is 0.606. The molecule has 0 radical (unpaired) electrons. The van der Waals surface area contributed by atoms with Gasteiger partial charge < -0.3 is 0 Å². The standard InChI is InChI=1S/C10H9BrN2O2S/c11-7-16(14,15)13-9-5-8-3-1-2-4-10(8)12-6-9/h1-6,13H,7H2. The van der Waals surface area contributed by atoms with E-state index in [2.05, 4.69) is 25.6 Å². The number of anilines is 1. The summed E-state index contributed by atoms with van der Waals surface area (Å²) < 4.78 is 24.9. The third-order valence-corrected chi connectivity index (χ3v) is 4.65. The largest absolute Gasteiger partial charge is 0.281 e. The molecule has 84 valence electrons. The van der Waals surface area contributed by atoms with Crippen LogP contribution in [0.25, 0.3) is 10.9 Å². The van der Waals surface area contributed by atoms with Crippen molar-refractivity contribution in [1.29, 1.82) is 0 Å². The highest BCUT2D eigenvalue weighted by Crippen LogP contribution is 2.17. The van der Waals surface area contributed by atoms with Gasteiger partial charge in [-0.2, -0.15) is 0 Å². The van der Waals surface area contributed by atoms with Crippen molar-refractivity contribution in [2.24, 2.45) is 0 Å². The molecular formula is C10H9BrN2O2S. The maximum atomic E-state index is 11.3. The Morgan fingerprint density at radius 1 is 1.31 bits per heavy atom. The van der Waals surface area contributed by atoms with Gasteiger partial charge in [-0.3, -0.25) is 9.71 Å². The normalized spacial score (nSPS) is 11.6. The summed E-state index contributed by atoms with van der Waals surface area (Å²) in [4.78, 5) is 4.16. The highest BCUT2D eigenvalue weighted by atomic mass is 79.9. The number of alkyl halides is 1. The van der Waals surface area contributed by atoms with Crippen LogP contribution in [0.15, 0.2) is 36.5 Å². The van der Waals surface area contributed by atoms with Gasteiger partial charge in [0.2, 0.25) is 10.0 Å². The lowest BCUT2D eigenvalue weighted by Gasteiger charge is -2.05. The topological polar surface area (TPSA) is 59.1 Å². The molecule has 0 fully saturated rings. The van der Waals surface area contributed by atoms with E-state index in [0.29, 0.717) is 5.69 Å². The van der Waals surface area contributed by atoms with E-state index < -0.39 is 10.0 Å². The van der Waals surface area contributed by atoms with Crippen LogP contribution in [0.2, 0.25) is 0 Å². The fraction of sp³-hybridized carbons (Fsp3) is 0.100. The summed E-state index contributed by atoms with van der Waals surface area (Å²) in [6.07, 6.45) is 1.50. The molecule has 0 unspecified atom stereocenters. The Hall–Kier alpha value is -1.14. The predicted octanol–water partition coefficient (Wildman–Crippen LogP) is 2.33. The smallest absolute Gasteiger partial charge is 0.242 e. The summed E-state index contributed by atoms with van der Waals surface area (Å²) in [5.74, 6) is 0. The molecule has 0 aliphatic heterocycles. The molecule has 6 heteroatoms. The molecule has 0 amide bonds. The number of sulfonamides is 1. The second-order valence-electron chi connectivity index (χ2n) is 3.24. The van der Waals surface area contributed by atoms with E-state index in [-0.39, 0.29) is 4.66 Å². The Bertz CT molecular complexity index is 613. The van der Waals surface area contributed by atoms with E-state index in [1.54, 1.807) is 6.07 Å². The lowest BCUT2D eigenvalue weighted by atomic mass is 10.2. The number of halogens is 1. The van der Waals surface area contributed by atoms with Crippen LogP contribution in [0, 0.1) is 0 Å². The van der Waals surface area contributed by atoms with E-state index in [1.807, 2.05) is 24.3 Å². The fourth-order valence-electron chi connectivity index (χ4n) is 1.33. The van der Waals surface area contributed by atoms with E-state index in [4.69, 9.17) is 0 Å². The van der Waals surface area contributed by atoms with Crippen molar-refractivity contribution in [2.75, 3.05) is 9.38 Å². The summed E-state index contributed by atoms with van der Waals surface area (Å²) >= 11 is 2.91. The van der Waals surface area contributed by atoms with Gasteiger partial charge in [0, 0.05) is 5.39 Å². The van der Waals surface area contributed by atoms with Crippen LogP contribution < -0.4 is 4.72 Å². The van der Waals surface area contributed by atoms with Crippen LogP contribution in [-0.4, -0.2) is 18.1 Å². The van der Waals surface area contributed by atoms with Gasteiger partial charge in [-0.05, 0) is 12.1 Å². The van der Waals surface area contributed by atoms with Crippen molar-refractivity contribution in [3.8, 4) is 0 Å². The number of fused-ring (bicyclic) bond motifs is 1. The average molecular weight is 301 g/mol. The number of para-hydroxylation sites is 1. The minimum absolute atomic E-state index is 0.132. The highest BCUT2D eigenvalue weighted by Gasteiger charge is 2.08. The molecule has 2 aromatic rings. The van der Waals surface area contributed by atoms with Gasteiger partial charge >= 0.3 is 0 Å². The van der Waals surface area contributed by atoms with Gasteiger partial charge in [0.05, 0.1) is 17.4 Å². The average Bonchev–Trinajstić information content (AvgIpc) is 2.28. The van der Waals surface area contributed by atoms with Crippen molar-refractivity contribution in [3.05, 3.63) is 36.5 Å². The lowest BCUT2D eigenvalue weighted by Crippen LogP contribution is -2.13. The zero-order valence-corrected chi connectivity index (χ0v) is 10.6. The summed E-state index contributed by atoms with van der Waals surface area (Å²) in [5, 5.41) is 0.900. The minimum Gasteiger partial charge on any atom is -0.281 e. The molecule has 1 aromatic heterocycles. The number of aromatic nitrogens is 1. The molecule has 1 aromatic carbocycles. The molecule has 1 N–H and O–H groups in total. The summed E-state index contributed by atoms with van der Waals surface area (Å²) in [7, 11) is -3.31. The van der Waals surface area contributed by atoms with Crippen molar-refractivity contribution in [3.63, 3.8) is 0 Å². The van der Waals surface area contributed by atoms with Crippen LogP contribution >= 0.6 is 15.9 Å². The third-order valence-electron chi connectivity index (χ3n) is 2.01. The summed E-state index contributed by atoms with van der Waals surface area (Å²) in [6, 6.07) is 9.28. The summed E-state index contributed by atoms with van der Waals surface area (Å²) in [5.41, 5.74) is 1.31. The quantitative estimate of drug-likeness (QED) is 0.885. The predicted molar refractivity (Wildman–Crippen MR) is 68.1 cm³/mol. The van der Waals surface area contributed by atoms with Crippen LogP contribution in [0.5, 0.6) is 0 Å². The molecule has 0 aliphatic rings. The van der Waals surface area contributed by atoms with Gasteiger partial charge in [-0.25, -0.2) is 8.42 Å². The zero-order chi connectivity index (χ0) is 11.6. The minimum atomic E-state index is -3.31.